The van der Waals surface area contributed by atoms with E-state index in [1.54, 1.807) is 7.11 Å². The Hall–Kier alpha value is -1.71. The smallest absolute Gasteiger partial charge is 0.497 e. The quantitative estimate of drug-likeness (QED) is 0.787. The third kappa shape index (κ3) is 4.35. The molecule has 82 valence electrons. The van der Waals surface area contributed by atoms with Crippen LogP contribution in [0, 0.1) is 0 Å². The van der Waals surface area contributed by atoms with Crippen molar-refractivity contribution in [3.8, 4) is 5.75 Å². The second kappa shape index (κ2) is 5.24. The normalized spacial score (nSPS) is 13.7. The molecule has 2 N–H and O–H groups in total. The molecule has 4 heteroatoms. The van der Waals surface area contributed by atoms with Crippen molar-refractivity contribution in [1.29, 1.82) is 0 Å². The molecule has 4 nitrogen and oxygen atoms in total. The molecule has 0 aromatic heterocycles. The van der Waals surface area contributed by atoms with Gasteiger partial charge in [0.05, 0.1) is 7.11 Å². The molecule has 0 atom stereocenters. The molecule has 0 aliphatic heterocycles. The Kier molecular flexibility index (Phi) is 3.97. The van der Waals surface area contributed by atoms with Gasteiger partial charge >= 0.3 is 6.16 Å². The van der Waals surface area contributed by atoms with E-state index in [-0.39, 0.29) is 0 Å². The van der Waals surface area contributed by atoms with Gasteiger partial charge in [-0.1, -0.05) is 12.1 Å². The van der Waals surface area contributed by atoms with Crippen molar-refractivity contribution < 1.29 is 19.7 Å². The SMILES string of the molecule is COc1ccc(C2CC2)cc1.O=C(O)O. The van der Waals surface area contributed by atoms with Crippen LogP contribution >= 0.6 is 0 Å². The predicted molar refractivity (Wildman–Crippen MR) is 55.6 cm³/mol. The second-order valence-corrected chi connectivity index (χ2v) is 3.33. The molecule has 1 aliphatic carbocycles. The summed E-state index contributed by atoms with van der Waals surface area (Å²) in [6, 6.07) is 8.40. The lowest BCUT2D eigenvalue weighted by Gasteiger charge is -2.00. The molecule has 1 saturated carbocycles. The minimum absolute atomic E-state index is 0.848. The van der Waals surface area contributed by atoms with Crippen LogP contribution in [0.15, 0.2) is 24.3 Å². The molecule has 0 unspecified atom stereocenters. The highest BCUT2D eigenvalue weighted by Crippen LogP contribution is 2.40. The van der Waals surface area contributed by atoms with Crippen molar-refractivity contribution in [2.24, 2.45) is 0 Å². The topological polar surface area (TPSA) is 66.8 Å². The number of ether oxygens (including phenoxy) is 1. The fourth-order valence-corrected chi connectivity index (χ4v) is 1.29. The van der Waals surface area contributed by atoms with Crippen LogP contribution in [0.3, 0.4) is 0 Å². The maximum atomic E-state index is 8.56. The van der Waals surface area contributed by atoms with E-state index >= 15 is 0 Å². The van der Waals surface area contributed by atoms with Gasteiger partial charge in [0.25, 0.3) is 0 Å². The number of carboxylic acid groups (broad SMARTS) is 2. The van der Waals surface area contributed by atoms with Gasteiger partial charge in [-0.25, -0.2) is 4.79 Å². The van der Waals surface area contributed by atoms with E-state index < -0.39 is 6.16 Å². The van der Waals surface area contributed by atoms with E-state index in [1.165, 1.54) is 18.4 Å². The van der Waals surface area contributed by atoms with Crippen LogP contribution in [-0.2, 0) is 0 Å². The first kappa shape index (κ1) is 11.4. The Morgan fingerprint density at radius 1 is 1.27 bits per heavy atom. The zero-order valence-electron chi connectivity index (χ0n) is 8.51. The standard InChI is InChI=1S/C10H12O.CH2O3/c1-11-10-6-4-9(5-7-10)8-2-3-8;2-1(3)4/h4-8H,2-3H2,1H3;(H2,2,3,4). The van der Waals surface area contributed by atoms with Crippen LogP contribution in [0.4, 0.5) is 4.79 Å². The number of benzene rings is 1. The highest BCUT2D eigenvalue weighted by molar-refractivity contribution is 5.53. The number of carbonyl (C=O) groups is 1. The Labute approximate surface area is 88.1 Å². The third-order valence-electron chi connectivity index (χ3n) is 2.16. The van der Waals surface area contributed by atoms with Crippen LogP contribution in [0.2, 0.25) is 0 Å². The largest absolute Gasteiger partial charge is 0.503 e. The molecule has 0 heterocycles. The maximum absolute atomic E-state index is 8.56. The average Bonchev–Trinajstić information content (AvgIpc) is 3.00. The maximum Gasteiger partial charge on any atom is 0.503 e. The molecule has 15 heavy (non-hydrogen) atoms. The number of rotatable bonds is 2. The zero-order valence-corrected chi connectivity index (χ0v) is 8.51. The highest BCUT2D eigenvalue weighted by Gasteiger charge is 2.22. The van der Waals surface area contributed by atoms with E-state index in [0.717, 1.165) is 11.7 Å². The molecule has 0 saturated heterocycles. The van der Waals surface area contributed by atoms with Crippen LogP contribution in [-0.4, -0.2) is 23.5 Å². The Morgan fingerprint density at radius 3 is 2.07 bits per heavy atom. The van der Waals surface area contributed by atoms with Crippen molar-refractivity contribution in [3.05, 3.63) is 29.8 Å². The van der Waals surface area contributed by atoms with Crippen molar-refractivity contribution in [3.63, 3.8) is 0 Å². The summed E-state index contributed by atoms with van der Waals surface area (Å²) < 4.78 is 5.07. The van der Waals surface area contributed by atoms with Gasteiger partial charge in [-0.2, -0.15) is 0 Å². The minimum atomic E-state index is -1.83. The van der Waals surface area contributed by atoms with E-state index in [0.29, 0.717) is 0 Å². The molecule has 1 fully saturated rings. The Balaban J connectivity index is 0.000000245. The first-order chi connectivity index (χ1) is 7.13. The summed E-state index contributed by atoms with van der Waals surface area (Å²) in [5.74, 6) is 1.80. The van der Waals surface area contributed by atoms with E-state index in [2.05, 4.69) is 12.1 Å². The number of hydrogen-bond donors (Lipinski definition) is 2. The van der Waals surface area contributed by atoms with Crippen LogP contribution in [0.25, 0.3) is 0 Å². The number of methoxy groups -OCH3 is 1. The minimum Gasteiger partial charge on any atom is -0.497 e. The first-order valence-corrected chi connectivity index (χ1v) is 4.69. The molecule has 1 aromatic rings. The summed E-state index contributed by atoms with van der Waals surface area (Å²) in [6.45, 7) is 0. The van der Waals surface area contributed by atoms with Crippen molar-refractivity contribution in [2.45, 2.75) is 18.8 Å². The average molecular weight is 210 g/mol. The first-order valence-electron chi connectivity index (χ1n) is 4.69. The summed E-state index contributed by atoms with van der Waals surface area (Å²) >= 11 is 0. The van der Waals surface area contributed by atoms with Gasteiger partial charge in [0.2, 0.25) is 0 Å². The lowest BCUT2D eigenvalue weighted by atomic mass is 10.1. The Bertz CT molecular complexity index is 310. The summed E-state index contributed by atoms with van der Waals surface area (Å²) in [7, 11) is 1.70. The van der Waals surface area contributed by atoms with Crippen LogP contribution < -0.4 is 4.74 Å². The van der Waals surface area contributed by atoms with Gasteiger partial charge in [-0.3, -0.25) is 0 Å². The summed E-state index contributed by atoms with van der Waals surface area (Å²) in [5.41, 5.74) is 1.46. The van der Waals surface area contributed by atoms with E-state index in [9.17, 15) is 0 Å². The molecule has 2 rings (SSSR count). The lowest BCUT2D eigenvalue weighted by molar-refractivity contribution is 0.137. The second-order valence-electron chi connectivity index (χ2n) is 3.33. The summed E-state index contributed by atoms with van der Waals surface area (Å²) in [5, 5.41) is 13.9. The van der Waals surface area contributed by atoms with E-state index in [1.807, 2.05) is 12.1 Å². The Morgan fingerprint density at radius 2 is 1.73 bits per heavy atom. The van der Waals surface area contributed by atoms with Crippen LogP contribution in [0.5, 0.6) is 5.75 Å². The lowest BCUT2D eigenvalue weighted by Crippen LogP contribution is -1.83. The van der Waals surface area contributed by atoms with Crippen LogP contribution in [0.1, 0.15) is 24.3 Å². The molecule has 0 radical (unpaired) electrons. The molecular formula is C11H14O4. The van der Waals surface area contributed by atoms with Gasteiger partial charge in [-0.05, 0) is 36.5 Å². The van der Waals surface area contributed by atoms with E-state index in [4.69, 9.17) is 19.7 Å². The van der Waals surface area contributed by atoms with Gasteiger partial charge < -0.3 is 14.9 Å². The van der Waals surface area contributed by atoms with Crippen molar-refractivity contribution in [2.75, 3.05) is 7.11 Å². The van der Waals surface area contributed by atoms with Crippen molar-refractivity contribution >= 4 is 6.16 Å². The fraction of sp³-hybridized carbons (Fsp3) is 0.364. The van der Waals surface area contributed by atoms with Gasteiger partial charge in [-0.15, -0.1) is 0 Å². The predicted octanol–water partition coefficient (Wildman–Crippen LogP) is 2.79. The van der Waals surface area contributed by atoms with Gasteiger partial charge in [0.1, 0.15) is 5.75 Å². The molecular weight excluding hydrogens is 196 g/mol. The molecule has 0 spiro atoms. The monoisotopic (exact) mass is 210 g/mol. The number of hydrogen-bond acceptors (Lipinski definition) is 2. The summed E-state index contributed by atoms with van der Waals surface area (Å²) in [6.07, 6.45) is 0.901. The molecule has 1 aliphatic rings. The summed E-state index contributed by atoms with van der Waals surface area (Å²) in [4.78, 5) is 8.56. The van der Waals surface area contributed by atoms with Crippen molar-refractivity contribution in [1.82, 2.24) is 0 Å². The fourth-order valence-electron chi connectivity index (χ4n) is 1.29. The highest BCUT2D eigenvalue weighted by atomic mass is 16.6. The third-order valence-corrected chi connectivity index (χ3v) is 2.16. The molecule has 0 bridgehead atoms. The van der Waals surface area contributed by atoms with Gasteiger partial charge in [0.15, 0.2) is 0 Å². The zero-order chi connectivity index (χ0) is 11.3. The molecule has 0 amide bonds. The van der Waals surface area contributed by atoms with Gasteiger partial charge in [0, 0.05) is 0 Å². The molecule has 1 aromatic carbocycles.